The van der Waals surface area contributed by atoms with Crippen molar-refractivity contribution in [3.63, 3.8) is 0 Å². The van der Waals surface area contributed by atoms with Crippen molar-refractivity contribution in [3.8, 4) is 0 Å². The van der Waals surface area contributed by atoms with E-state index in [4.69, 9.17) is 0 Å². The summed E-state index contributed by atoms with van der Waals surface area (Å²) < 4.78 is 23.4. The van der Waals surface area contributed by atoms with Gasteiger partial charge >= 0.3 is 0 Å². The first-order valence-electron chi connectivity index (χ1n) is 9.59. The van der Waals surface area contributed by atoms with Crippen LogP contribution in [0.1, 0.15) is 54.8 Å². The quantitative estimate of drug-likeness (QED) is 0.747. The van der Waals surface area contributed by atoms with E-state index in [0.29, 0.717) is 23.8 Å². The van der Waals surface area contributed by atoms with Crippen LogP contribution in [0.3, 0.4) is 0 Å². The Morgan fingerprint density at radius 3 is 2.81 bits per heavy atom. The monoisotopic (exact) mass is 392 g/mol. The van der Waals surface area contributed by atoms with Crippen LogP contribution >= 0.6 is 0 Å². The van der Waals surface area contributed by atoms with Crippen LogP contribution < -0.4 is 5.32 Å². The van der Waals surface area contributed by atoms with Crippen molar-refractivity contribution in [2.75, 3.05) is 30.4 Å². The number of aryl methyl sites for hydroxylation is 1. The molecule has 1 saturated heterocycles. The second-order valence-electron chi connectivity index (χ2n) is 7.44. The number of rotatable bonds is 6. The van der Waals surface area contributed by atoms with E-state index in [1.807, 2.05) is 0 Å². The summed E-state index contributed by atoms with van der Waals surface area (Å²) in [5.74, 6) is 1.06. The first kappa shape index (κ1) is 19.8. The summed E-state index contributed by atoms with van der Waals surface area (Å²) in [4.78, 5) is 22.9. The fourth-order valence-electron chi connectivity index (χ4n) is 3.68. The van der Waals surface area contributed by atoms with Crippen LogP contribution in [0, 0.1) is 6.92 Å². The Balaban J connectivity index is 1.63. The molecule has 1 N–H and O–H groups in total. The molecule has 0 aromatic carbocycles. The molecule has 0 bridgehead atoms. The summed E-state index contributed by atoms with van der Waals surface area (Å²) in [6.45, 7) is 2.53. The van der Waals surface area contributed by atoms with Crippen molar-refractivity contribution in [2.24, 2.45) is 0 Å². The summed E-state index contributed by atoms with van der Waals surface area (Å²) >= 11 is 0. The number of amides is 1. The fraction of sp³-hybridized carbons (Fsp3) is 0.632. The predicted octanol–water partition coefficient (Wildman–Crippen LogP) is 2.35. The summed E-state index contributed by atoms with van der Waals surface area (Å²) in [6.07, 6.45) is 8.67. The predicted molar refractivity (Wildman–Crippen MR) is 106 cm³/mol. The lowest BCUT2D eigenvalue weighted by Crippen LogP contribution is -2.38. The highest BCUT2D eigenvalue weighted by molar-refractivity contribution is 7.91. The fourth-order valence-corrected chi connectivity index (χ4v) is 5.45. The van der Waals surface area contributed by atoms with Crippen LogP contribution in [0.4, 0.5) is 5.82 Å². The minimum atomic E-state index is -3.04. The van der Waals surface area contributed by atoms with Crippen molar-refractivity contribution in [1.82, 2.24) is 14.9 Å². The molecular weight excluding hydrogens is 364 g/mol. The minimum absolute atomic E-state index is 0.0273. The topological polar surface area (TPSA) is 92.3 Å². The van der Waals surface area contributed by atoms with Gasteiger partial charge in [0.15, 0.2) is 9.84 Å². The molecule has 3 rings (SSSR count). The van der Waals surface area contributed by atoms with Gasteiger partial charge in [0.2, 0.25) is 0 Å². The number of anilines is 1. The molecular formula is C19H28N4O3S. The summed E-state index contributed by atoms with van der Waals surface area (Å²) in [7, 11) is -1.39. The first-order valence-corrected chi connectivity index (χ1v) is 11.4. The van der Waals surface area contributed by atoms with Gasteiger partial charge in [-0.15, -0.1) is 0 Å². The van der Waals surface area contributed by atoms with Gasteiger partial charge in [-0.3, -0.25) is 4.79 Å². The van der Waals surface area contributed by atoms with E-state index in [2.05, 4.69) is 21.4 Å². The molecule has 0 radical (unpaired) electrons. The SMILES string of the molecule is Cc1nc(NCCC2=CCCCC2)cc(C(=O)N(C)C2CCS(=O)(=O)C2)n1. The van der Waals surface area contributed by atoms with E-state index >= 15 is 0 Å². The smallest absolute Gasteiger partial charge is 0.272 e. The average Bonchev–Trinajstić information content (AvgIpc) is 3.01. The van der Waals surface area contributed by atoms with E-state index in [1.165, 1.54) is 36.2 Å². The molecule has 1 aromatic heterocycles. The van der Waals surface area contributed by atoms with Gasteiger partial charge < -0.3 is 10.2 Å². The third kappa shape index (κ3) is 5.28. The van der Waals surface area contributed by atoms with Crippen LogP contribution in [0.15, 0.2) is 17.7 Å². The van der Waals surface area contributed by atoms with Crippen molar-refractivity contribution >= 4 is 21.6 Å². The zero-order valence-electron chi connectivity index (χ0n) is 16.1. The lowest BCUT2D eigenvalue weighted by molar-refractivity contribution is 0.0741. The second-order valence-corrected chi connectivity index (χ2v) is 9.67. The maximum Gasteiger partial charge on any atom is 0.272 e. The molecule has 7 nitrogen and oxygen atoms in total. The molecule has 1 aliphatic carbocycles. The van der Waals surface area contributed by atoms with Gasteiger partial charge in [0.1, 0.15) is 17.3 Å². The highest BCUT2D eigenvalue weighted by Gasteiger charge is 2.33. The van der Waals surface area contributed by atoms with E-state index < -0.39 is 9.84 Å². The molecule has 148 valence electrons. The number of aromatic nitrogens is 2. The number of sulfone groups is 1. The number of allylic oxidation sites excluding steroid dienone is 1. The first-order chi connectivity index (χ1) is 12.8. The third-order valence-corrected chi connectivity index (χ3v) is 7.02. The van der Waals surface area contributed by atoms with Crippen LogP contribution in [0.2, 0.25) is 0 Å². The molecule has 1 unspecified atom stereocenters. The Kier molecular flexibility index (Phi) is 6.14. The average molecular weight is 393 g/mol. The molecule has 1 aliphatic heterocycles. The molecule has 1 fully saturated rings. The van der Waals surface area contributed by atoms with Crippen LogP contribution in [0.5, 0.6) is 0 Å². The molecule has 2 heterocycles. The number of nitrogens with zero attached hydrogens (tertiary/aromatic N) is 3. The van der Waals surface area contributed by atoms with E-state index in [-0.39, 0.29) is 23.5 Å². The molecule has 0 saturated carbocycles. The van der Waals surface area contributed by atoms with Gasteiger partial charge in [-0.1, -0.05) is 11.6 Å². The molecule has 1 aromatic rings. The lowest BCUT2D eigenvalue weighted by Gasteiger charge is -2.23. The Labute approximate surface area is 161 Å². The molecule has 8 heteroatoms. The Morgan fingerprint density at radius 2 is 2.15 bits per heavy atom. The second kappa shape index (κ2) is 8.37. The van der Waals surface area contributed by atoms with Crippen molar-refractivity contribution in [1.29, 1.82) is 0 Å². The Bertz CT molecular complexity index is 835. The number of carbonyl (C=O) groups is 1. The Morgan fingerprint density at radius 1 is 1.33 bits per heavy atom. The van der Waals surface area contributed by atoms with E-state index in [0.717, 1.165) is 13.0 Å². The largest absolute Gasteiger partial charge is 0.370 e. The highest BCUT2D eigenvalue weighted by Crippen LogP contribution is 2.21. The van der Waals surface area contributed by atoms with Gasteiger partial charge in [-0.2, -0.15) is 0 Å². The zero-order chi connectivity index (χ0) is 19.4. The van der Waals surface area contributed by atoms with Gasteiger partial charge in [0.05, 0.1) is 11.5 Å². The number of hydrogen-bond donors (Lipinski definition) is 1. The van der Waals surface area contributed by atoms with Gasteiger partial charge in [-0.25, -0.2) is 18.4 Å². The van der Waals surface area contributed by atoms with Crippen molar-refractivity contribution in [3.05, 3.63) is 29.2 Å². The molecule has 27 heavy (non-hydrogen) atoms. The van der Waals surface area contributed by atoms with Crippen molar-refractivity contribution in [2.45, 2.75) is 51.5 Å². The zero-order valence-corrected chi connectivity index (χ0v) is 16.9. The maximum atomic E-state index is 12.8. The summed E-state index contributed by atoms with van der Waals surface area (Å²) in [6, 6.07) is 1.37. The highest BCUT2D eigenvalue weighted by atomic mass is 32.2. The Hall–Kier alpha value is -1.96. The standard InChI is InChI=1S/C19H28N4O3S/c1-14-21-17(19(24)23(2)16-9-11-27(25,26)13-16)12-18(22-14)20-10-8-15-6-4-3-5-7-15/h6,12,16H,3-5,7-11,13H2,1-2H3,(H,20,21,22). The lowest BCUT2D eigenvalue weighted by atomic mass is 9.97. The molecule has 2 aliphatic rings. The van der Waals surface area contributed by atoms with Crippen LogP contribution in [-0.4, -0.2) is 60.3 Å². The molecule has 1 amide bonds. The van der Waals surface area contributed by atoms with E-state index in [1.54, 1.807) is 20.0 Å². The van der Waals surface area contributed by atoms with Gasteiger partial charge in [0.25, 0.3) is 5.91 Å². The maximum absolute atomic E-state index is 12.8. The number of carbonyl (C=O) groups excluding carboxylic acids is 1. The van der Waals surface area contributed by atoms with E-state index in [9.17, 15) is 13.2 Å². The van der Waals surface area contributed by atoms with Crippen molar-refractivity contribution < 1.29 is 13.2 Å². The number of nitrogens with one attached hydrogen (secondary N) is 1. The van der Waals surface area contributed by atoms with Crippen LogP contribution in [-0.2, 0) is 9.84 Å². The molecule has 1 atom stereocenters. The minimum Gasteiger partial charge on any atom is -0.370 e. The van der Waals surface area contributed by atoms with Crippen LogP contribution in [0.25, 0.3) is 0 Å². The summed E-state index contributed by atoms with van der Waals surface area (Å²) in [5.41, 5.74) is 1.78. The summed E-state index contributed by atoms with van der Waals surface area (Å²) in [5, 5.41) is 3.29. The number of hydrogen-bond acceptors (Lipinski definition) is 6. The molecule has 0 spiro atoms. The van der Waals surface area contributed by atoms with Gasteiger partial charge in [-0.05, 0) is 45.4 Å². The third-order valence-electron chi connectivity index (χ3n) is 5.27. The van der Waals surface area contributed by atoms with Gasteiger partial charge in [0, 0.05) is 25.7 Å². The normalized spacial score (nSPS) is 21.6.